The summed E-state index contributed by atoms with van der Waals surface area (Å²) >= 11 is 0. The quantitative estimate of drug-likeness (QED) is 0.696. The van der Waals surface area contributed by atoms with Crippen molar-refractivity contribution in [1.82, 2.24) is 0 Å². The monoisotopic (exact) mass is 364 g/mol. The van der Waals surface area contributed by atoms with Crippen molar-refractivity contribution >= 4 is 5.78 Å². The molecule has 2 bridgehead atoms. The van der Waals surface area contributed by atoms with E-state index in [4.69, 9.17) is 4.74 Å². The van der Waals surface area contributed by atoms with Crippen LogP contribution in [0.4, 0.5) is 0 Å². The lowest BCUT2D eigenvalue weighted by molar-refractivity contribution is -0.162. The highest BCUT2D eigenvalue weighted by Gasteiger charge is 2.71. The van der Waals surface area contributed by atoms with Gasteiger partial charge in [-0.2, -0.15) is 0 Å². The van der Waals surface area contributed by atoms with Crippen molar-refractivity contribution in [2.45, 2.75) is 76.8 Å². The molecule has 0 aromatic rings. The second-order valence-electron chi connectivity index (χ2n) is 10.1. The van der Waals surface area contributed by atoms with Crippen LogP contribution >= 0.6 is 0 Å². The maximum atomic E-state index is 12.4. The molecule has 10 atom stereocenters. The van der Waals surface area contributed by atoms with Crippen LogP contribution in [0, 0.1) is 40.4 Å². The lowest BCUT2D eigenvalue weighted by atomic mass is 9.44. The van der Waals surface area contributed by atoms with Gasteiger partial charge in [0.05, 0.1) is 12.2 Å². The van der Waals surface area contributed by atoms with Crippen LogP contribution in [0.5, 0.6) is 0 Å². The first-order valence-corrected chi connectivity index (χ1v) is 10.6. The van der Waals surface area contributed by atoms with Gasteiger partial charge in [-0.05, 0) is 80.5 Å². The van der Waals surface area contributed by atoms with Crippen LogP contribution in [0.2, 0.25) is 0 Å². The van der Waals surface area contributed by atoms with Crippen LogP contribution in [0.25, 0.3) is 0 Å². The number of Topliss-reactive ketones (excluding diaryl/α,β-unsaturated/α-hetero) is 1. The van der Waals surface area contributed by atoms with Gasteiger partial charge in [0.25, 0.3) is 0 Å². The molecule has 4 aliphatic carbocycles. The SMILES string of the molecule is C[C@]12CC[C@H](O)C[C@H]1CC[C@@H]1[C@H]2[C@H]2C[C@@]3(C(O)O2)[C@@H](C(=O)CO)CC[C@H]13. The predicted molar refractivity (Wildman–Crippen MR) is 93.9 cm³/mol. The zero-order chi connectivity index (χ0) is 18.3. The van der Waals surface area contributed by atoms with E-state index in [9.17, 15) is 20.1 Å². The van der Waals surface area contributed by atoms with Crippen molar-refractivity contribution in [3.63, 3.8) is 0 Å². The molecule has 5 nitrogen and oxygen atoms in total. The molecule has 5 aliphatic rings. The summed E-state index contributed by atoms with van der Waals surface area (Å²) in [5.74, 6) is 1.42. The van der Waals surface area contributed by atoms with Crippen LogP contribution in [0.15, 0.2) is 0 Å². The summed E-state index contributed by atoms with van der Waals surface area (Å²) in [6.45, 7) is 1.97. The summed E-state index contributed by atoms with van der Waals surface area (Å²) < 4.78 is 6.18. The van der Waals surface area contributed by atoms with Gasteiger partial charge in [-0.1, -0.05) is 6.92 Å². The first-order chi connectivity index (χ1) is 12.4. The molecule has 0 radical (unpaired) electrons. The Hall–Kier alpha value is -0.490. The number of rotatable bonds is 2. The number of aliphatic hydroxyl groups is 3. The van der Waals surface area contributed by atoms with Gasteiger partial charge in [0.15, 0.2) is 12.1 Å². The van der Waals surface area contributed by atoms with Gasteiger partial charge >= 0.3 is 0 Å². The molecule has 1 aliphatic heterocycles. The second kappa shape index (κ2) is 5.76. The summed E-state index contributed by atoms with van der Waals surface area (Å²) in [6.07, 6.45) is 6.55. The Morgan fingerprint density at radius 3 is 2.73 bits per heavy atom. The maximum Gasteiger partial charge on any atom is 0.162 e. The minimum atomic E-state index is -0.873. The lowest BCUT2D eigenvalue weighted by Gasteiger charge is -2.60. The Morgan fingerprint density at radius 2 is 1.96 bits per heavy atom. The van der Waals surface area contributed by atoms with E-state index in [1.54, 1.807) is 0 Å². The fraction of sp³-hybridized carbons (Fsp3) is 0.952. The minimum absolute atomic E-state index is 0.0152. The number of ether oxygens (including phenoxy) is 1. The Bertz CT molecular complexity index is 607. The van der Waals surface area contributed by atoms with Gasteiger partial charge in [0.2, 0.25) is 0 Å². The number of carbonyl (C=O) groups excluding carboxylic acids is 1. The number of ketones is 1. The van der Waals surface area contributed by atoms with Crippen molar-refractivity contribution in [3.8, 4) is 0 Å². The smallest absolute Gasteiger partial charge is 0.162 e. The molecule has 4 saturated carbocycles. The molecule has 1 spiro atoms. The Kier molecular flexibility index (Phi) is 3.90. The van der Waals surface area contributed by atoms with E-state index in [1.807, 2.05) is 0 Å². The van der Waals surface area contributed by atoms with Gasteiger partial charge in [-0.3, -0.25) is 4.79 Å². The zero-order valence-corrected chi connectivity index (χ0v) is 15.6. The molecule has 0 amide bonds. The fourth-order valence-corrected chi connectivity index (χ4v) is 8.47. The topological polar surface area (TPSA) is 87.0 Å². The molecule has 1 heterocycles. The standard InChI is InChI=1S/C21H32O5/c1-20-7-6-12(23)8-11(20)2-3-13-14-4-5-15(16(24)10-22)21(14)9-17(18(13)20)26-19(21)25/h11-15,17-19,22-23,25H,2-10H2,1H3/t11-,12+,13+,14-,15-,17-,18+,19?,20+,21+/m1/s1. The third kappa shape index (κ3) is 2.04. The maximum absolute atomic E-state index is 12.4. The molecule has 26 heavy (non-hydrogen) atoms. The normalized spacial score (nSPS) is 58.0. The van der Waals surface area contributed by atoms with E-state index in [0.717, 1.165) is 51.4 Å². The first kappa shape index (κ1) is 17.6. The lowest BCUT2D eigenvalue weighted by Crippen LogP contribution is -2.58. The van der Waals surface area contributed by atoms with Crippen molar-refractivity contribution in [3.05, 3.63) is 0 Å². The Morgan fingerprint density at radius 1 is 1.15 bits per heavy atom. The summed E-state index contributed by atoms with van der Waals surface area (Å²) in [6, 6.07) is 0. The molecular formula is C21H32O5. The molecule has 5 fully saturated rings. The number of carbonyl (C=O) groups is 1. The van der Waals surface area contributed by atoms with E-state index in [1.165, 1.54) is 0 Å². The summed E-state index contributed by atoms with van der Waals surface area (Å²) in [5, 5.41) is 30.6. The van der Waals surface area contributed by atoms with Crippen molar-refractivity contribution in [2.24, 2.45) is 40.4 Å². The van der Waals surface area contributed by atoms with E-state index in [2.05, 4.69) is 6.92 Å². The molecule has 1 saturated heterocycles. The largest absolute Gasteiger partial charge is 0.393 e. The highest BCUT2D eigenvalue weighted by molar-refractivity contribution is 5.83. The molecule has 1 unspecified atom stereocenters. The average molecular weight is 364 g/mol. The van der Waals surface area contributed by atoms with Gasteiger partial charge in [0, 0.05) is 11.3 Å². The van der Waals surface area contributed by atoms with E-state index < -0.39 is 18.3 Å². The van der Waals surface area contributed by atoms with E-state index in [0.29, 0.717) is 23.7 Å². The fourth-order valence-electron chi connectivity index (χ4n) is 8.47. The third-order valence-electron chi connectivity index (χ3n) is 9.46. The van der Waals surface area contributed by atoms with Gasteiger partial charge in [0.1, 0.15) is 6.61 Å². The highest BCUT2D eigenvalue weighted by Crippen LogP contribution is 2.71. The van der Waals surface area contributed by atoms with Crippen molar-refractivity contribution < 1.29 is 24.9 Å². The van der Waals surface area contributed by atoms with Gasteiger partial charge in [-0.25, -0.2) is 0 Å². The van der Waals surface area contributed by atoms with Crippen LogP contribution in [-0.2, 0) is 9.53 Å². The second-order valence-corrected chi connectivity index (χ2v) is 10.1. The van der Waals surface area contributed by atoms with Crippen molar-refractivity contribution in [2.75, 3.05) is 6.61 Å². The first-order valence-electron chi connectivity index (χ1n) is 10.6. The highest BCUT2D eigenvalue weighted by atomic mass is 16.6. The zero-order valence-electron chi connectivity index (χ0n) is 15.6. The van der Waals surface area contributed by atoms with E-state index >= 15 is 0 Å². The van der Waals surface area contributed by atoms with Crippen LogP contribution in [-0.4, -0.2) is 46.2 Å². The van der Waals surface area contributed by atoms with Gasteiger partial charge in [-0.15, -0.1) is 0 Å². The molecule has 0 aromatic heterocycles. The average Bonchev–Trinajstić information content (AvgIpc) is 3.14. The molecule has 3 N–H and O–H groups in total. The molecule has 5 rings (SSSR count). The third-order valence-corrected chi connectivity index (χ3v) is 9.46. The molecule has 0 aromatic carbocycles. The summed E-state index contributed by atoms with van der Waals surface area (Å²) in [7, 11) is 0. The molecular weight excluding hydrogens is 332 g/mol. The summed E-state index contributed by atoms with van der Waals surface area (Å²) in [4.78, 5) is 12.4. The summed E-state index contributed by atoms with van der Waals surface area (Å²) in [5.41, 5.74) is -0.300. The number of aliphatic hydroxyl groups excluding tert-OH is 3. The number of hydrogen-bond donors (Lipinski definition) is 3. The number of fused-ring (bicyclic) bond motifs is 6. The van der Waals surface area contributed by atoms with Crippen LogP contribution in [0.1, 0.15) is 58.3 Å². The number of hydrogen-bond acceptors (Lipinski definition) is 5. The molecule has 146 valence electrons. The molecule has 5 heteroatoms. The van der Waals surface area contributed by atoms with Crippen molar-refractivity contribution in [1.29, 1.82) is 0 Å². The van der Waals surface area contributed by atoms with Crippen LogP contribution < -0.4 is 0 Å². The van der Waals surface area contributed by atoms with Crippen LogP contribution in [0.3, 0.4) is 0 Å². The van der Waals surface area contributed by atoms with Gasteiger partial charge < -0.3 is 20.1 Å². The van der Waals surface area contributed by atoms with E-state index in [-0.39, 0.29) is 29.3 Å². The Balaban J connectivity index is 1.53. The predicted octanol–water partition coefficient (Wildman–Crippen LogP) is 1.87. The Labute approximate surface area is 155 Å². The minimum Gasteiger partial charge on any atom is -0.393 e.